The summed E-state index contributed by atoms with van der Waals surface area (Å²) in [7, 11) is -3.55. The molecule has 3 amide bonds. The predicted molar refractivity (Wildman–Crippen MR) is 141 cm³/mol. The Labute approximate surface area is 218 Å². The van der Waals surface area contributed by atoms with E-state index in [4.69, 9.17) is 0 Å². The lowest BCUT2D eigenvalue weighted by Crippen LogP contribution is -2.44. The molecule has 0 aromatic heterocycles. The van der Waals surface area contributed by atoms with Crippen molar-refractivity contribution in [1.29, 1.82) is 0 Å². The first-order valence-corrected chi connectivity index (χ1v) is 14.2. The Hall–Kier alpha value is -3.24. The van der Waals surface area contributed by atoms with Crippen molar-refractivity contribution in [2.75, 3.05) is 42.9 Å². The summed E-state index contributed by atoms with van der Waals surface area (Å²) in [6.07, 6.45) is 1.28. The van der Waals surface area contributed by atoms with Crippen LogP contribution in [0.4, 0.5) is 11.4 Å². The minimum Gasteiger partial charge on any atom is -0.342 e. The number of hydrogen-bond donors (Lipinski definition) is 1. The van der Waals surface area contributed by atoms with Gasteiger partial charge >= 0.3 is 0 Å². The molecular formula is C27H34N4O5S. The number of carbonyl (C=O) groups excluding carboxylic acids is 3. The molecule has 1 unspecified atom stereocenters. The van der Waals surface area contributed by atoms with Gasteiger partial charge in [0.25, 0.3) is 0 Å². The van der Waals surface area contributed by atoms with Crippen LogP contribution >= 0.6 is 0 Å². The Balaban J connectivity index is 1.29. The van der Waals surface area contributed by atoms with Crippen molar-refractivity contribution in [3.05, 3.63) is 54.6 Å². The lowest BCUT2D eigenvalue weighted by Gasteiger charge is -2.33. The van der Waals surface area contributed by atoms with E-state index in [9.17, 15) is 22.8 Å². The maximum Gasteiger partial charge on any atom is 0.243 e. The van der Waals surface area contributed by atoms with E-state index < -0.39 is 10.0 Å². The largest absolute Gasteiger partial charge is 0.342 e. The van der Waals surface area contributed by atoms with Gasteiger partial charge in [-0.1, -0.05) is 32.0 Å². The van der Waals surface area contributed by atoms with Crippen LogP contribution in [0.15, 0.2) is 59.5 Å². The lowest BCUT2D eigenvalue weighted by atomic mass is 9.94. The number of piperidine rings is 1. The number of amides is 3. The third-order valence-corrected chi connectivity index (χ3v) is 9.25. The molecule has 10 heteroatoms. The van der Waals surface area contributed by atoms with Gasteiger partial charge in [0.2, 0.25) is 27.7 Å². The number of rotatable bonds is 8. The molecular weight excluding hydrogens is 492 g/mol. The highest BCUT2D eigenvalue weighted by Crippen LogP contribution is 2.28. The lowest BCUT2D eigenvalue weighted by molar-refractivity contribution is -0.138. The molecule has 37 heavy (non-hydrogen) atoms. The molecule has 1 N–H and O–H groups in total. The first kappa shape index (κ1) is 26.8. The van der Waals surface area contributed by atoms with Gasteiger partial charge < -0.3 is 15.1 Å². The van der Waals surface area contributed by atoms with Crippen LogP contribution in [0.1, 0.15) is 33.1 Å². The molecule has 2 fully saturated rings. The second-order valence-corrected chi connectivity index (χ2v) is 11.4. The second kappa shape index (κ2) is 11.4. The van der Waals surface area contributed by atoms with Crippen molar-refractivity contribution in [3.8, 4) is 0 Å². The zero-order chi connectivity index (χ0) is 26.6. The first-order chi connectivity index (χ1) is 17.7. The monoisotopic (exact) mass is 526 g/mol. The van der Waals surface area contributed by atoms with E-state index in [0.717, 1.165) is 5.69 Å². The Morgan fingerprint density at radius 1 is 0.946 bits per heavy atom. The number of hydrogen-bond acceptors (Lipinski definition) is 5. The number of nitrogens with zero attached hydrogens (tertiary/aromatic N) is 3. The summed E-state index contributed by atoms with van der Waals surface area (Å²) in [5, 5.41) is 2.87. The molecule has 1 atom stereocenters. The third-order valence-electron chi connectivity index (χ3n) is 7.18. The summed E-state index contributed by atoms with van der Waals surface area (Å²) < 4.78 is 26.7. The van der Waals surface area contributed by atoms with Crippen molar-refractivity contribution in [2.45, 2.75) is 38.0 Å². The molecule has 9 nitrogen and oxygen atoms in total. The average Bonchev–Trinajstić information content (AvgIpc) is 3.31. The molecule has 2 aromatic rings. The van der Waals surface area contributed by atoms with Gasteiger partial charge in [0.15, 0.2) is 0 Å². The SMILES string of the molecule is CCN(CC)S(=O)(=O)c1ccc(NC(=O)C2CCN(C(=O)C3CC(=O)N(c4ccccc4)C3)CC2)cc1. The maximum atomic E-state index is 13.1. The van der Waals surface area contributed by atoms with Crippen molar-refractivity contribution in [3.63, 3.8) is 0 Å². The van der Waals surface area contributed by atoms with E-state index in [1.807, 2.05) is 30.3 Å². The van der Waals surface area contributed by atoms with Crippen LogP contribution < -0.4 is 10.2 Å². The van der Waals surface area contributed by atoms with Crippen molar-refractivity contribution >= 4 is 39.1 Å². The molecule has 0 spiro atoms. The summed E-state index contributed by atoms with van der Waals surface area (Å²) in [5.74, 6) is -0.832. The van der Waals surface area contributed by atoms with E-state index in [0.29, 0.717) is 51.3 Å². The van der Waals surface area contributed by atoms with Crippen LogP contribution in [0.5, 0.6) is 0 Å². The van der Waals surface area contributed by atoms with E-state index in [1.54, 1.807) is 35.8 Å². The standard InChI is InChI=1S/C27H34N4O5S/c1-3-30(4-2)37(35,36)24-12-10-22(11-13-24)28-26(33)20-14-16-29(17-15-20)27(34)21-18-25(32)31(19-21)23-8-6-5-7-9-23/h5-13,20-21H,3-4,14-19H2,1-2H3,(H,28,33). The van der Waals surface area contributed by atoms with Crippen LogP contribution in [0, 0.1) is 11.8 Å². The summed E-state index contributed by atoms with van der Waals surface area (Å²) in [4.78, 5) is 42.0. The molecule has 2 aliphatic heterocycles. The molecule has 0 saturated carbocycles. The van der Waals surface area contributed by atoms with Crippen LogP contribution in [-0.4, -0.2) is 68.1 Å². The van der Waals surface area contributed by atoms with E-state index >= 15 is 0 Å². The Kier molecular flexibility index (Phi) is 8.29. The van der Waals surface area contributed by atoms with Gasteiger partial charge in [-0.05, 0) is 49.2 Å². The molecule has 0 radical (unpaired) electrons. The fraction of sp³-hybridized carbons (Fsp3) is 0.444. The second-order valence-electron chi connectivity index (χ2n) is 9.44. The van der Waals surface area contributed by atoms with Gasteiger partial charge in [-0.15, -0.1) is 0 Å². The zero-order valence-electron chi connectivity index (χ0n) is 21.3. The molecule has 2 aliphatic rings. The van der Waals surface area contributed by atoms with Crippen LogP contribution in [0.25, 0.3) is 0 Å². The van der Waals surface area contributed by atoms with Gasteiger partial charge in [-0.2, -0.15) is 4.31 Å². The predicted octanol–water partition coefficient (Wildman–Crippen LogP) is 2.95. The Bertz CT molecular complexity index is 1220. The van der Waals surface area contributed by atoms with Crippen LogP contribution in [0.3, 0.4) is 0 Å². The topological polar surface area (TPSA) is 107 Å². The number of likely N-dealkylation sites (tertiary alicyclic amines) is 1. The number of carbonyl (C=O) groups is 3. The van der Waals surface area contributed by atoms with Gasteiger partial charge in [-0.25, -0.2) is 8.42 Å². The maximum absolute atomic E-state index is 13.1. The van der Waals surface area contributed by atoms with Gasteiger partial charge in [0, 0.05) is 56.4 Å². The summed E-state index contributed by atoms with van der Waals surface area (Å²) >= 11 is 0. The minimum absolute atomic E-state index is 0.0318. The highest BCUT2D eigenvalue weighted by Gasteiger charge is 2.38. The normalized spacial score (nSPS) is 18.9. The van der Waals surface area contributed by atoms with E-state index in [-0.39, 0.29) is 40.9 Å². The van der Waals surface area contributed by atoms with Crippen molar-refractivity contribution < 1.29 is 22.8 Å². The van der Waals surface area contributed by atoms with Gasteiger partial charge in [0.05, 0.1) is 10.8 Å². The Morgan fingerprint density at radius 2 is 1.57 bits per heavy atom. The van der Waals surface area contributed by atoms with Crippen LogP contribution in [-0.2, 0) is 24.4 Å². The summed E-state index contributed by atoms with van der Waals surface area (Å²) in [6, 6.07) is 15.6. The average molecular weight is 527 g/mol. The van der Waals surface area contributed by atoms with E-state index in [2.05, 4.69) is 5.32 Å². The van der Waals surface area contributed by atoms with E-state index in [1.165, 1.54) is 16.4 Å². The van der Waals surface area contributed by atoms with Gasteiger partial charge in [0.1, 0.15) is 0 Å². The minimum atomic E-state index is -3.55. The quantitative estimate of drug-likeness (QED) is 0.569. The summed E-state index contributed by atoms with van der Waals surface area (Å²) in [6.45, 7) is 5.67. The van der Waals surface area contributed by atoms with Crippen molar-refractivity contribution in [1.82, 2.24) is 9.21 Å². The fourth-order valence-corrected chi connectivity index (χ4v) is 6.48. The Morgan fingerprint density at radius 3 is 2.16 bits per heavy atom. The number of nitrogens with one attached hydrogen (secondary N) is 1. The number of sulfonamides is 1. The highest BCUT2D eigenvalue weighted by molar-refractivity contribution is 7.89. The van der Waals surface area contributed by atoms with Crippen LogP contribution in [0.2, 0.25) is 0 Å². The number of anilines is 2. The molecule has 2 saturated heterocycles. The molecule has 0 bridgehead atoms. The molecule has 198 valence electrons. The smallest absolute Gasteiger partial charge is 0.243 e. The molecule has 2 heterocycles. The highest BCUT2D eigenvalue weighted by atomic mass is 32.2. The summed E-state index contributed by atoms with van der Waals surface area (Å²) in [5.41, 5.74) is 1.34. The molecule has 4 rings (SSSR count). The number of benzene rings is 2. The van der Waals surface area contributed by atoms with Crippen molar-refractivity contribution in [2.24, 2.45) is 11.8 Å². The molecule has 2 aromatic carbocycles. The first-order valence-electron chi connectivity index (χ1n) is 12.8. The zero-order valence-corrected chi connectivity index (χ0v) is 22.1. The van der Waals surface area contributed by atoms with Gasteiger partial charge in [-0.3, -0.25) is 14.4 Å². The fourth-order valence-electron chi connectivity index (χ4n) is 5.02. The third kappa shape index (κ3) is 5.86. The molecule has 0 aliphatic carbocycles. The number of para-hydroxylation sites is 1.